The highest BCUT2D eigenvalue weighted by Gasteiger charge is 2.58. The average Bonchev–Trinajstić information content (AvgIpc) is 3.33. The third-order valence-electron chi connectivity index (χ3n) is 5.00. The van der Waals surface area contributed by atoms with Crippen LogP contribution in [0.4, 0.5) is 15.8 Å². The summed E-state index contributed by atoms with van der Waals surface area (Å²) in [4.78, 5) is 39.5. The lowest BCUT2D eigenvalue weighted by atomic mass is 9.97. The molecule has 2 aliphatic heterocycles. The highest BCUT2D eigenvalue weighted by Crippen LogP contribution is 2.50. The number of carbonyl (C=O) groups is 3. The number of hydrogen-bond acceptors (Lipinski definition) is 4. The van der Waals surface area contributed by atoms with Crippen LogP contribution in [0.1, 0.15) is 32.6 Å². The minimum Gasteiger partial charge on any atom is -0.475 e. The van der Waals surface area contributed by atoms with Gasteiger partial charge in [0.05, 0.1) is 17.9 Å². The molecule has 2 fully saturated rings. The van der Waals surface area contributed by atoms with Crippen LogP contribution in [0.2, 0.25) is 0 Å². The summed E-state index contributed by atoms with van der Waals surface area (Å²) in [6.45, 7) is 1.80. The maximum Gasteiger partial charge on any atom is 0.272 e. The number of halogens is 1. The molecule has 1 aliphatic carbocycles. The summed E-state index contributed by atoms with van der Waals surface area (Å²) in [6, 6.07) is 2.43. The number of imide groups is 1. The maximum absolute atomic E-state index is 14.7. The first kappa shape index (κ1) is 16.6. The summed E-state index contributed by atoms with van der Waals surface area (Å²) in [5.41, 5.74) is -0.846. The fourth-order valence-corrected chi connectivity index (χ4v) is 3.54. The van der Waals surface area contributed by atoms with Crippen LogP contribution in [0, 0.1) is 24.1 Å². The van der Waals surface area contributed by atoms with E-state index in [0.717, 1.165) is 11.0 Å². The standard InChI is InChI=1S/C19H17FN2O4/c1-3-6-21-14-10-13(22-16(23)7-11(2)8-17(22)24)12(20)9-15(14)26-19(4-5-19)18(21)25/h1,9-11H,4-8H2,2H3. The first-order valence-corrected chi connectivity index (χ1v) is 8.50. The van der Waals surface area contributed by atoms with E-state index in [1.165, 1.54) is 11.0 Å². The zero-order valence-electron chi connectivity index (χ0n) is 14.3. The van der Waals surface area contributed by atoms with Gasteiger partial charge in [-0.1, -0.05) is 12.8 Å². The third kappa shape index (κ3) is 2.37. The molecule has 7 heteroatoms. The lowest BCUT2D eigenvalue weighted by molar-refractivity contribution is -0.130. The Kier molecular flexibility index (Phi) is 3.55. The normalized spacial score (nSPS) is 21.5. The molecule has 26 heavy (non-hydrogen) atoms. The number of benzene rings is 1. The van der Waals surface area contributed by atoms with Gasteiger partial charge in [0.2, 0.25) is 11.8 Å². The Hall–Kier alpha value is -2.88. The molecule has 1 saturated carbocycles. The van der Waals surface area contributed by atoms with Crippen molar-refractivity contribution in [3.8, 4) is 18.1 Å². The van der Waals surface area contributed by atoms with E-state index in [4.69, 9.17) is 11.2 Å². The van der Waals surface area contributed by atoms with Crippen LogP contribution >= 0.6 is 0 Å². The second-order valence-electron chi connectivity index (χ2n) is 7.10. The van der Waals surface area contributed by atoms with Gasteiger partial charge < -0.3 is 4.74 Å². The molecule has 4 rings (SSSR count). The molecule has 0 atom stereocenters. The molecule has 2 heterocycles. The lowest BCUT2D eigenvalue weighted by Gasteiger charge is -2.35. The minimum absolute atomic E-state index is 0.000935. The molecular formula is C19H17FN2O4. The summed E-state index contributed by atoms with van der Waals surface area (Å²) in [6.07, 6.45) is 6.81. The van der Waals surface area contributed by atoms with Crippen LogP contribution in [-0.4, -0.2) is 29.9 Å². The van der Waals surface area contributed by atoms with E-state index in [0.29, 0.717) is 12.8 Å². The van der Waals surface area contributed by atoms with Gasteiger partial charge in [0, 0.05) is 31.7 Å². The van der Waals surface area contributed by atoms with Gasteiger partial charge in [-0.3, -0.25) is 19.3 Å². The molecule has 0 unspecified atom stereocenters. The SMILES string of the molecule is C#CCN1C(=O)C2(CC2)Oc2cc(F)c(N3C(=O)CC(C)CC3=O)cc21. The number of anilines is 2. The van der Waals surface area contributed by atoms with Gasteiger partial charge in [0.15, 0.2) is 11.4 Å². The van der Waals surface area contributed by atoms with E-state index in [2.05, 4.69) is 5.92 Å². The zero-order valence-corrected chi connectivity index (χ0v) is 14.3. The van der Waals surface area contributed by atoms with Crippen molar-refractivity contribution in [2.75, 3.05) is 16.3 Å². The van der Waals surface area contributed by atoms with Gasteiger partial charge in [-0.15, -0.1) is 6.42 Å². The molecule has 1 aromatic rings. The van der Waals surface area contributed by atoms with Crippen LogP contribution < -0.4 is 14.5 Å². The van der Waals surface area contributed by atoms with Crippen molar-refractivity contribution in [2.24, 2.45) is 5.92 Å². The maximum atomic E-state index is 14.7. The van der Waals surface area contributed by atoms with E-state index >= 15 is 0 Å². The number of ether oxygens (including phenoxy) is 1. The van der Waals surface area contributed by atoms with E-state index in [9.17, 15) is 18.8 Å². The molecule has 0 aromatic heterocycles. The Bertz CT molecular complexity index is 866. The van der Waals surface area contributed by atoms with Crippen LogP contribution in [0.15, 0.2) is 12.1 Å². The second kappa shape index (κ2) is 5.56. The van der Waals surface area contributed by atoms with Gasteiger partial charge in [-0.05, 0) is 12.0 Å². The zero-order chi connectivity index (χ0) is 18.6. The summed E-state index contributed by atoms with van der Waals surface area (Å²) in [7, 11) is 0. The quantitative estimate of drug-likeness (QED) is 0.601. The molecule has 3 amide bonds. The first-order chi connectivity index (χ1) is 12.4. The van der Waals surface area contributed by atoms with E-state index < -0.39 is 23.2 Å². The van der Waals surface area contributed by atoms with Gasteiger partial charge in [0.25, 0.3) is 5.91 Å². The summed E-state index contributed by atoms with van der Waals surface area (Å²) < 4.78 is 20.4. The van der Waals surface area contributed by atoms with Crippen molar-refractivity contribution >= 4 is 29.1 Å². The number of nitrogens with zero attached hydrogens (tertiary/aromatic N) is 2. The number of terminal acetylenes is 1. The second-order valence-corrected chi connectivity index (χ2v) is 7.10. The number of carbonyl (C=O) groups excluding carboxylic acids is 3. The predicted octanol–water partition coefficient (Wildman–Crippen LogP) is 2.01. The molecule has 6 nitrogen and oxygen atoms in total. The molecule has 3 aliphatic rings. The molecule has 0 bridgehead atoms. The predicted molar refractivity (Wildman–Crippen MR) is 91.1 cm³/mol. The number of amides is 3. The van der Waals surface area contributed by atoms with E-state index in [1.54, 1.807) is 6.92 Å². The van der Waals surface area contributed by atoms with Gasteiger partial charge in [-0.25, -0.2) is 9.29 Å². The highest BCUT2D eigenvalue weighted by molar-refractivity contribution is 6.17. The van der Waals surface area contributed by atoms with E-state index in [1.807, 2.05) is 0 Å². The van der Waals surface area contributed by atoms with Crippen LogP contribution in [-0.2, 0) is 14.4 Å². The topological polar surface area (TPSA) is 66.9 Å². The Morgan fingerprint density at radius 3 is 2.46 bits per heavy atom. The van der Waals surface area contributed by atoms with Crippen molar-refractivity contribution in [1.29, 1.82) is 0 Å². The van der Waals surface area contributed by atoms with Crippen LogP contribution in [0.3, 0.4) is 0 Å². The molecular weight excluding hydrogens is 339 g/mol. The molecule has 1 spiro atoms. The summed E-state index contributed by atoms with van der Waals surface area (Å²) in [5.74, 6) is 0.600. The Morgan fingerprint density at radius 1 is 1.23 bits per heavy atom. The summed E-state index contributed by atoms with van der Waals surface area (Å²) in [5, 5.41) is 0. The Balaban J connectivity index is 1.80. The molecule has 1 aromatic carbocycles. The van der Waals surface area contributed by atoms with Crippen molar-refractivity contribution in [3.05, 3.63) is 17.9 Å². The molecule has 0 radical (unpaired) electrons. The van der Waals surface area contributed by atoms with Crippen LogP contribution in [0.25, 0.3) is 0 Å². The number of hydrogen-bond donors (Lipinski definition) is 0. The number of rotatable bonds is 2. The first-order valence-electron chi connectivity index (χ1n) is 8.50. The van der Waals surface area contributed by atoms with Crippen molar-refractivity contribution in [2.45, 2.75) is 38.2 Å². The Morgan fingerprint density at radius 2 is 1.88 bits per heavy atom. The van der Waals surface area contributed by atoms with E-state index in [-0.39, 0.29) is 48.3 Å². The molecule has 0 N–H and O–H groups in total. The van der Waals surface area contributed by atoms with Gasteiger partial charge in [-0.2, -0.15) is 0 Å². The van der Waals surface area contributed by atoms with Crippen molar-refractivity contribution < 1.29 is 23.5 Å². The smallest absolute Gasteiger partial charge is 0.272 e. The monoisotopic (exact) mass is 356 g/mol. The Labute approximate surface area is 149 Å². The average molecular weight is 356 g/mol. The lowest BCUT2D eigenvalue weighted by Crippen LogP contribution is -2.48. The van der Waals surface area contributed by atoms with Gasteiger partial charge >= 0.3 is 0 Å². The number of piperidine rings is 1. The number of fused-ring (bicyclic) bond motifs is 1. The summed E-state index contributed by atoms with van der Waals surface area (Å²) >= 11 is 0. The fraction of sp³-hybridized carbons (Fsp3) is 0.421. The van der Waals surface area contributed by atoms with Crippen molar-refractivity contribution in [1.82, 2.24) is 0 Å². The molecule has 1 saturated heterocycles. The van der Waals surface area contributed by atoms with Crippen LogP contribution in [0.5, 0.6) is 5.75 Å². The fourth-order valence-electron chi connectivity index (χ4n) is 3.54. The van der Waals surface area contributed by atoms with Crippen molar-refractivity contribution in [3.63, 3.8) is 0 Å². The third-order valence-corrected chi connectivity index (χ3v) is 5.00. The van der Waals surface area contributed by atoms with Gasteiger partial charge in [0.1, 0.15) is 5.75 Å². The minimum atomic E-state index is -0.954. The largest absolute Gasteiger partial charge is 0.475 e. The molecule has 134 valence electrons. The highest BCUT2D eigenvalue weighted by atomic mass is 19.1.